The van der Waals surface area contributed by atoms with Crippen LogP contribution in [-0.2, 0) is 11.2 Å². The molecule has 1 unspecified atom stereocenters. The number of aliphatic carboxylic acids is 1. The molecule has 0 aliphatic heterocycles. The zero-order valence-electron chi connectivity index (χ0n) is 13.0. The van der Waals surface area contributed by atoms with Crippen LogP contribution in [0, 0.1) is 0 Å². The summed E-state index contributed by atoms with van der Waals surface area (Å²) in [6.45, 7) is 0. The Morgan fingerprint density at radius 2 is 1.56 bits per heavy atom. The number of nitrogens with one attached hydrogen (secondary N) is 2. The van der Waals surface area contributed by atoms with Crippen molar-refractivity contribution in [3.8, 4) is 0 Å². The predicted octanol–water partition coefficient (Wildman–Crippen LogP) is 5.59. The summed E-state index contributed by atoms with van der Waals surface area (Å²) < 4.78 is 1.91. The van der Waals surface area contributed by atoms with E-state index in [-0.39, 0.29) is 0 Å². The molecule has 0 radical (unpaired) electrons. The smallest absolute Gasteiger partial charge is 0.311 e. The molecule has 0 bridgehead atoms. The van der Waals surface area contributed by atoms with Crippen molar-refractivity contribution >= 4 is 59.6 Å². The number of carbonyl (C=O) groups is 1. The summed E-state index contributed by atoms with van der Waals surface area (Å²) in [6, 6.07) is 11.8. The van der Waals surface area contributed by atoms with Gasteiger partial charge in [0.05, 0.1) is 5.92 Å². The van der Waals surface area contributed by atoms with Crippen LogP contribution in [-0.4, -0.2) is 21.0 Å². The number of carboxylic acids is 1. The molecule has 126 valence electrons. The largest absolute Gasteiger partial charge is 0.481 e. The van der Waals surface area contributed by atoms with Crippen LogP contribution in [0.15, 0.2) is 57.7 Å². The van der Waals surface area contributed by atoms with Crippen LogP contribution in [0.5, 0.6) is 0 Å². The van der Waals surface area contributed by atoms with Crippen LogP contribution in [0.4, 0.5) is 0 Å². The molecule has 0 aliphatic carbocycles. The first-order valence-electron chi connectivity index (χ1n) is 7.78. The maximum Gasteiger partial charge on any atom is 0.311 e. The van der Waals surface area contributed by atoms with Crippen molar-refractivity contribution in [2.24, 2.45) is 0 Å². The lowest BCUT2D eigenvalue weighted by molar-refractivity contribution is -0.138. The van der Waals surface area contributed by atoms with Crippen molar-refractivity contribution in [2.75, 3.05) is 0 Å². The number of aromatic nitrogens is 2. The normalized spacial score (nSPS) is 12.7. The average Bonchev–Trinajstić information content (AvgIpc) is 3.16. The molecule has 0 fully saturated rings. The molecule has 4 nitrogen and oxygen atoms in total. The Morgan fingerprint density at radius 1 is 0.960 bits per heavy atom. The third-order valence-corrected chi connectivity index (χ3v) is 5.49. The highest BCUT2D eigenvalue weighted by atomic mass is 79.9. The molecule has 0 saturated carbocycles. The SMILES string of the molecule is O=C(O)C(Cc1c[nH]c2ccc(Br)cc12)c1c[nH]c2ccc(Br)cc12. The fourth-order valence-electron chi connectivity index (χ4n) is 3.27. The van der Waals surface area contributed by atoms with Crippen LogP contribution in [0.25, 0.3) is 21.8 Å². The summed E-state index contributed by atoms with van der Waals surface area (Å²) in [5, 5.41) is 11.8. The Morgan fingerprint density at radius 3 is 2.24 bits per heavy atom. The van der Waals surface area contributed by atoms with Crippen molar-refractivity contribution < 1.29 is 9.90 Å². The summed E-state index contributed by atoms with van der Waals surface area (Å²) in [5.74, 6) is -1.45. The zero-order valence-corrected chi connectivity index (χ0v) is 16.2. The second-order valence-electron chi connectivity index (χ2n) is 6.03. The number of benzene rings is 2. The van der Waals surface area contributed by atoms with E-state index in [1.54, 1.807) is 6.20 Å². The Labute approximate surface area is 160 Å². The average molecular weight is 462 g/mol. The van der Waals surface area contributed by atoms with Gasteiger partial charge in [-0.25, -0.2) is 0 Å². The van der Waals surface area contributed by atoms with Gasteiger partial charge in [-0.1, -0.05) is 31.9 Å². The van der Waals surface area contributed by atoms with Gasteiger partial charge in [0.25, 0.3) is 0 Å². The van der Waals surface area contributed by atoms with Crippen LogP contribution in [0.2, 0.25) is 0 Å². The van der Waals surface area contributed by atoms with Gasteiger partial charge in [0.15, 0.2) is 0 Å². The Hall–Kier alpha value is -2.05. The summed E-state index contributed by atoms with van der Waals surface area (Å²) in [5.41, 5.74) is 3.73. The molecule has 0 spiro atoms. The first-order chi connectivity index (χ1) is 12.0. The quantitative estimate of drug-likeness (QED) is 0.371. The van der Waals surface area contributed by atoms with Crippen molar-refractivity contribution in [1.29, 1.82) is 0 Å². The Bertz CT molecular complexity index is 1100. The fourth-order valence-corrected chi connectivity index (χ4v) is 3.99. The van der Waals surface area contributed by atoms with Gasteiger partial charge in [-0.3, -0.25) is 4.79 Å². The molecule has 25 heavy (non-hydrogen) atoms. The van der Waals surface area contributed by atoms with E-state index in [1.165, 1.54) is 0 Å². The number of halogens is 2. The lowest BCUT2D eigenvalue weighted by Gasteiger charge is -2.11. The monoisotopic (exact) mass is 460 g/mol. The highest BCUT2D eigenvalue weighted by Gasteiger charge is 2.24. The van der Waals surface area contributed by atoms with Gasteiger partial charge in [-0.05, 0) is 53.9 Å². The van der Waals surface area contributed by atoms with E-state index < -0.39 is 11.9 Å². The van der Waals surface area contributed by atoms with E-state index in [0.717, 1.165) is 41.9 Å². The third kappa shape index (κ3) is 3.00. The number of fused-ring (bicyclic) bond motifs is 2. The summed E-state index contributed by atoms with van der Waals surface area (Å²) >= 11 is 6.95. The van der Waals surface area contributed by atoms with Crippen molar-refractivity contribution in [3.63, 3.8) is 0 Å². The van der Waals surface area contributed by atoms with E-state index in [4.69, 9.17) is 0 Å². The number of rotatable bonds is 4. The minimum atomic E-state index is -0.828. The first-order valence-corrected chi connectivity index (χ1v) is 9.36. The minimum Gasteiger partial charge on any atom is -0.481 e. The second kappa shape index (κ2) is 6.35. The molecule has 1 atom stereocenters. The molecular weight excluding hydrogens is 448 g/mol. The highest BCUT2D eigenvalue weighted by molar-refractivity contribution is 9.10. The molecule has 2 aromatic heterocycles. The third-order valence-electron chi connectivity index (χ3n) is 4.50. The second-order valence-corrected chi connectivity index (χ2v) is 7.86. The topological polar surface area (TPSA) is 68.9 Å². The maximum absolute atomic E-state index is 12.0. The standard InChI is InChI=1S/C19H14Br2N2O2/c20-11-1-3-17-13(6-11)10(8-22-17)5-15(19(24)25)16-9-23-18-4-2-12(21)7-14(16)18/h1-4,6-9,15,22-23H,5H2,(H,24,25). The molecule has 4 rings (SSSR count). The van der Waals surface area contributed by atoms with Crippen molar-refractivity contribution in [1.82, 2.24) is 9.97 Å². The van der Waals surface area contributed by atoms with E-state index >= 15 is 0 Å². The van der Waals surface area contributed by atoms with Crippen molar-refractivity contribution in [3.05, 3.63) is 68.9 Å². The lowest BCUT2D eigenvalue weighted by atomic mass is 9.91. The number of hydrogen-bond donors (Lipinski definition) is 3. The summed E-state index contributed by atoms with van der Waals surface area (Å²) in [6.07, 6.45) is 4.13. The van der Waals surface area contributed by atoms with Gasteiger partial charge in [0, 0.05) is 43.1 Å². The number of aromatic amines is 2. The lowest BCUT2D eigenvalue weighted by Crippen LogP contribution is -2.14. The zero-order chi connectivity index (χ0) is 17.6. The molecule has 0 aliphatic rings. The first kappa shape index (κ1) is 16.4. The molecule has 0 saturated heterocycles. The molecule has 2 aromatic carbocycles. The van der Waals surface area contributed by atoms with Gasteiger partial charge in [-0.2, -0.15) is 0 Å². The molecule has 3 N–H and O–H groups in total. The van der Waals surface area contributed by atoms with Crippen molar-refractivity contribution in [2.45, 2.75) is 12.3 Å². The Balaban J connectivity index is 1.80. The minimum absolute atomic E-state index is 0.422. The molecule has 0 amide bonds. The van der Waals surface area contributed by atoms with E-state index in [2.05, 4.69) is 41.8 Å². The maximum atomic E-state index is 12.0. The summed E-state index contributed by atoms with van der Waals surface area (Å²) in [7, 11) is 0. The van der Waals surface area contributed by atoms with Gasteiger partial charge in [-0.15, -0.1) is 0 Å². The van der Waals surface area contributed by atoms with E-state index in [9.17, 15) is 9.90 Å². The molecular formula is C19H14Br2N2O2. The highest BCUT2D eigenvalue weighted by Crippen LogP contribution is 2.33. The van der Waals surface area contributed by atoms with Gasteiger partial charge in [0.1, 0.15) is 0 Å². The van der Waals surface area contributed by atoms with Gasteiger partial charge >= 0.3 is 5.97 Å². The molecule has 2 heterocycles. The summed E-state index contributed by atoms with van der Waals surface area (Å²) in [4.78, 5) is 18.4. The molecule has 6 heteroatoms. The van der Waals surface area contributed by atoms with Crippen LogP contribution >= 0.6 is 31.9 Å². The van der Waals surface area contributed by atoms with Gasteiger partial charge in [0.2, 0.25) is 0 Å². The fraction of sp³-hybridized carbons (Fsp3) is 0.105. The number of H-pyrrole nitrogens is 2. The van der Waals surface area contributed by atoms with Crippen LogP contribution in [0.1, 0.15) is 17.0 Å². The predicted molar refractivity (Wildman–Crippen MR) is 106 cm³/mol. The van der Waals surface area contributed by atoms with Crippen LogP contribution in [0.3, 0.4) is 0 Å². The van der Waals surface area contributed by atoms with Gasteiger partial charge < -0.3 is 15.1 Å². The van der Waals surface area contributed by atoms with Crippen LogP contribution < -0.4 is 0 Å². The number of hydrogen-bond acceptors (Lipinski definition) is 1. The molecule has 4 aromatic rings. The number of carboxylic acid groups (broad SMARTS) is 1. The van der Waals surface area contributed by atoms with E-state index in [0.29, 0.717) is 6.42 Å². The van der Waals surface area contributed by atoms with E-state index in [1.807, 2.05) is 42.6 Å². The Kier molecular flexibility index (Phi) is 4.17.